The quantitative estimate of drug-likeness (QED) is 0.304. The van der Waals surface area contributed by atoms with Crippen LogP contribution in [0.5, 0.6) is 23.0 Å². The van der Waals surface area contributed by atoms with E-state index in [4.69, 9.17) is 9.47 Å². The van der Waals surface area contributed by atoms with E-state index >= 15 is 0 Å². The van der Waals surface area contributed by atoms with Gasteiger partial charge in [-0.3, -0.25) is 15.1 Å². The highest BCUT2D eigenvalue weighted by molar-refractivity contribution is 9.10. The maximum absolute atomic E-state index is 11.0. The molecule has 8 heteroatoms. The Kier molecular flexibility index (Phi) is 5.90. The van der Waals surface area contributed by atoms with Gasteiger partial charge >= 0.3 is 0 Å². The van der Waals surface area contributed by atoms with Gasteiger partial charge in [-0.25, -0.2) is 0 Å². The van der Waals surface area contributed by atoms with Crippen molar-refractivity contribution >= 4 is 33.5 Å². The van der Waals surface area contributed by atoms with E-state index in [-0.39, 0.29) is 21.5 Å². The summed E-state index contributed by atoms with van der Waals surface area (Å²) >= 11 is 3.10. The second-order valence-electron chi connectivity index (χ2n) is 5.63. The Morgan fingerprint density at radius 3 is 2.43 bits per heavy atom. The molecular formula is C20H15BrN2O5. The van der Waals surface area contributed by atoms with Gasteiger partial charge in [-0.1, -0.05) is 12.1 Å². The molecule has 0 heterocycles. The van der Waals surface area contributed by atoms with Gasteiger partial charge in [0.25, 0.3) is 5.69 Å². The third-order valence-electron chi connectivity index (χ3n) is 3.77. The van der Waals surface area contributed by atoms with Gasteiger partial charge in [-0.05, 0) is 52.3 Å². The van der Waals surface area contributed by atoms with Crippen LogP contribution in [-0.4, -0.2) is 23.4 Å². The van der Waals surface area contributed by atoms with Crippen LogP contribution in [0, 0.1) is 10.1 Å². The molecule has 0 radical (unpaired) electrons. The third-order valence-corrected chi connectivity index (χ3v) is 4.38. The zero-order valence-electron chi connectivity index (χ0n) is 14.7. The Labute approximate surface area is 169 Å². The summed E-state index contributed by atoms with van der Waals surface area (Å²) in [5, 5.41) is 21.0. The van der Waals surface area contributed by atoms with Crippen LogP contribution in [0.25, 0.3) is 0 Å². The summed E-state index contributed by atoms with van der Waals surface area (Å²) in [5.74, 6) is 1.69. The Morgan fingerprint density at radius 2 is 1.79 bits per heavy atom. The number of para-hydroxylation sites is 2. The van der Waals surface area contributed by atoms with Gasteiger partial charge in [0.1, 0.15) is 11.5 Å². The summed E-state index contributed by atoms with van der Waals surface area (Å²) in [6.45, 7) is 0. The molecule has 0 fully saturated rings. The Balaban J connectivity index is 1.78. The molecule has 28 heavy (non-hydrogen) atoms. The lowest BCUT2D eigenvalue weighted by atomic mass is 10.2. The molecule has 0 bridgehead atoms. The number of methoxy groups -OCH3 is 1. The molecule has 0 aliphatic heterocycles. The molecule has 3 aromatic rings. The third kappa shape index (κ3) is 4.47. The first-order valence-corrected chi connectivity index (χ1v) is 8.89. The predicted octanol–water partition coefficient (Wildman–Crippen LogP) is 5.61. The number of nitro groups is 1. The second-order valence-corrected chi connectivity index (χ2v) is 6.48. The van der Waals surface area contributed by atoms with Gasteiger partial charge in [0.15, 0.2) is 11.5 Å². The fraction of sp³-hybridized carbons (Fsp3) is 0.0500. The number of ether oxygens (including phenoxy) is 2. The summed E-state index contributed by atoms with van der Waals surface area (Å²) in [5.41, 5.74) is 0.677. The molecule has 142 valence electrons. The molecule has 0 unspecified atom stereocenters. The number of halogens is 1. The number of hydrogen-bond donors (Lipinski definition) is 1. The number of rotatable bonds is 6. The first-order chi connectivity index (χ1) is 13.5. The molecule has 7 nitrogen and oxygen atoms in total. The number of phenols is 1. The van der Waals surface area contributed by atoms with Crippen LogP contribution in [0.4, 0.5) is 11.4 Å². The predicted molar refractivity (Wildman–Crippen MR) is 109 cm³/mol. The van der Waals surface area contributed by atoms with Crippen LogP contribution in [-0.2, 0) is 0 Å². The van der Waals surface area contributed by atoms with E-state index in [1.54, 1.807) is 43.5 Å². The average Bonchev–Trinajstić information content (AvgIpc) is 2.70. The van der Waals surface area contributed by atoms with E-state index in [1.165, 1.54) is 18.3 Å². The zero-order chi connectivity index (χ0) is 20.1. The van der Waals surface area contributed by atoms with E-state index in [1.807, 2.05) is 12.1 Å². The van der Waals surface area contributed by atoms with E-state index in [2.05, 4.69) is 20.9 Å². The smallest absolute Gasteiger partial charge is 0.271 e. The van der Waals surface area contributed by atoms with E-state index in [0.717, 1.165) is 0 Å². The number of phenolic OH excluding ortho intramolecular Hbond substituents is 1. The molecular weight excluding hydrogens is 428 g/mol. The van der Waals surface area contributed by atoms with Gasteiger partial charge in [0.2, 0.25) is 0 Å². The summed E-state index contributed by atoms with van der Waals surface area (Å²) in [6.07, 6.45) is 1.36. The van der Waals surface area contributed by atoms with Crippen LogP contribution < -0.4 is 9.47 Å². The summed E-state index contributed by atoms with van der Waals surface area (Å²) in [7, 11) is 1.57. The lowest BCUT2D eigenvalue weighted by Gasteiger charge is -2.09. The number of hydrogen-bond acceptors (Lipinski definition) is 6. The van der Waals surface area contributed by atoms with Crippen molar-refractivity contribution < 1.29 is 19.5 Å². The first kappa shape index (κ1) is 19.4. The van der Waals surface area contributed by atoms with Crippen molar-refractivity contribution in [1.82, 2.24) is 0 Å². The average molecular weight is 443 g/mol. The maximum Gasteiger partial charge on any atom is 0.271 e. The number of aromatic hydroxyl groups is 1. The molecule has 0 atom stereocenters. The highest BCUT2D eigenvalue weighted by Crippen LogP contribution is 2.33. The minimum Gasteiger partial charge on any atom is -0.506 e. The molecule has 0 saturated carbocycles. The molecule has 3 aromatic carbocycles. The zero-order valence-corrected chi connectivity index (χ0v) is 16.3. The monoisotopic (exact) mass is 442 g/mol. The van der Waals surface area contributed by atoms with Crippen LogP contribution >= 0.6 is 15.9 Å². The van der Waals surface area contributed by atoms with Gasteiger partial charge < -0.3 is 14.6 Å². The number of nitro benzene ring substituents is 1. The SMILES string of the molecule is COc1ccccc1Oc1ccc(N=Cc2cc([N+](=O)[O-])cc(Br)c2O)cc1. The van der Waals surface area contributed by atoms with Crippen molar-refractivity contribution in [2.24, 2.45) is 4.99 Å². The Morgan fingerprint density at radius 1 is 1.11 bits per heavy atom. The normalized spacial score (nSPS) is 10.8. The van der Waals surface area contributed by atoms with Crippen molar-refractivity contribution in [2.75, 3.05) is 7.11 Å². The van der Waals surface area contributed by atoms with Gasteiger partial charge in [0, 0.05) is 23.9 Å². The number of aliphatic imine (C=N–C) groups is 1. The van der Waals surface area contributed by atoms with Crippen LogP contribution in [0.1, 0.15) is 5.56 Å². The van der Waals surface area contributed by atoms with Crippen molar-refractivity contribution in [1.29, 1.82) is 0 Å². The fourth-order valence-electron chi connectivity index (χ4n) is 2.38. The van der Waals surface area contributed by atoms with E-state index in [9.17, 15) is 15.2 Å². The highest BCUT2D eigenvalue weighted by Gasteiger charge is 2.13. The first-order valence-electron chi connectivity index (χ1n) is 8.10. The van der Waals surface area contributed by atoms with Gasteiger partial charge in [-0.15, -0.1) is 0 Å². The van der Waals surface area contributed by atoms with Crippen molar-refractivity contribution in [3.05, 3.63) is 80.8 Å². The molecule has 3 rings (SSSR count). The summed E-state index contributed by atoms with van der Waals surface area (Å²) in [6, 6.07) is 16.7. The Bertz CT molecular complexity index is 1040. The maximum atomic E-state index is 11.0. The molecule has 0 aliphatic carbocycles. The minimum absolute atomic E-state index is 0.120. The van der Waals surface area contributed by atoms with Crippen molar-refractivity contribution in [3.8, 4) is 23.0 Å². The number of non-ortho nitro benzene ring substituents is 1. The lowest BCUT2D eigenvalue weighted by Crippen LogP contribution is -1.92. The molecule has 0 spiro atoms. The molecule has 0 saturated heterocycles. The van der Waals surface area contributed by atoms with Gasteiger partial charge in [-0.2, -0.15) is 0 Å². The standard InChI is InChI=1S/C20H15BrN2O5/c1-27-18-4-2-3-5-19(18)28-16-8-6-14(7-9-16)22-12-13-10-15(23(25)26)11-17(21)20(13)24/h2-12,24H,1H3. The van der Waals surface area contributed by atoms with Gasteiger partial charge in [0.05, 0.1) is 22.2 Å². The molecule has 0 aromatic heterocycles. The molecule has 1 N–H and O–H groups in total. The minimum atomic E-state index is -0.536. The lowest BCUT2D eigenvalue weighted by molar-refractivity contribution is -0.385. The topological polar surface area (TPSA) is 94.2 Å². The van der Waals surface area contributed by atoms with Crippen molar-refractivity contribution in [3.63, 3.8) is 0 Å². The van der Waals surface area contributed by atoms with Crippen LogP contribution in [0.15, 0.2) is 70.1 Å². The number of benzene rings is 3. The summed E-state index contributed by atoms with van der Waals surface area (Å²) < 4.78 is 11.3. The largest absolute Gasteiger partial charge is 0.506 e. The number of nitrogens with zero attached hydrogens (tertiary/aromatic N) is 2. The van der Waals surface area contributed by atoms with E-state index < -0.39 is 4.92 Å². The second kappa shape index (κ2) is 8.53. The van der Waals surface area contributed by atoms with Crippen LogP contribution in [0.3, 0.4) is 0 Å². The summed E-state index contributed by atoms with van der Waals surface area (Å²) in [4.78, 5) is 14.7. The highest BCUT2D eigenvalue weighted by atomic mass is 79.9. The van der Waals surface area contributed by atoms with Crippen molar-refractivity contribution in [2.45, 2.75) is 0 Å². The van der Waals surface area contributed by atoms with Crippen LogP contribution in [0.2, 0.25) is 0 Å². The fourth-order valence-corrected chi connectivity index (χ4v) is 2.85. The Hall–Kier alpha value is -3.39. The molecule has 0 amide bonds. The van der Waals surface area contributed by atoms with E-state index in [0.29, 0.717) is 22.9 Å². The molecule has 0 aliphatic rings.